The Morgan fingerprint density at radius 3 is 2.42 bits per heavy atom. The van der Waals surface area contributed by atoms with Crippen LogP contribution in [0.15, 0.2) is 53.4 Å². The fourth-order valence-electron chi connectivity index (χ4n) is 2.50. The normalized spacial score (nSPS) is 11.2. The SMILES string of the molecule is N#Cc1ccc(-c2ccnc(NCc3ccc(-c4noc(C(F)(F)F)n4)cn3)n2)cn1. The van der Waals surface area contributed by atoms with Crippen molar-refractivity contribution in [1.29, 1.82) is 5.26 Å². The van der Waals surface area contributed by atoms with Crippen molar-refractivity contribution in [2.75, 3.05) is 5.32 Å². The number of halogens is 3. The number of rotatable bonds is 5. The summed E-state index contributed by atoms with van der Waals surface area (Å²) >= 11 is 0. The molecular formula is C19H11F3N8O. The van der Waals surface area contributed by atoms with E-state index in [-0.39, 0.29) is 17.9 Å². The van der Waals surface area contributed by atoms with Crippen molar-refractivity contribution in [2.45, 2.75) is 12.7 Å². The van der Waals surface area contributed by atoms with Crippen molar-refractivity contribution >= 4 is 5.95 Å². The number of hydrogen-bond acceptors (Lipinski definition) is 9. The van der Waals surface area contributed by atoms with Crippen LogP contribution in [-0.2, 0) is 12.7 Å². The first-order valence-corrected chi connectivity index (χ1v) is 8.72. The Hall–Kier alpha value is -4.40. The molecule has 0 aromatic carbocycles. The maximum absolute atomic E-state index is 12.6. The van der Waals surface area contributed by atoms with Crippen LogP contribution in [0.4, 0.5) is 19.1 Å². The van der Waals surface area contributed by atoms with Gasteiger partial charge in [-0.2, -0.15) is 23.4 Å². The molecule has 0 aliphatic rings. The molecule has 0 aliphatic carbocycles. The molecule has 4 rings (SSSR count). The zero-order valence-electron chi connectivity index (χ0n) is 15.5. The highest BCUT2D eigenvalue weighted by atomic mass is 19.4. The summed E-state index contributed by atoms with van der Waals surface area (Å²) in [6.07, 6.45) is -0.229. The fourth-order valence-corrected chi connectivity index (χ4v) is 2.50. The van der Waals surface area contributed by atoms with E-state index in [4.69, 9.17) is 5.26 Å². The zero-order valence-corrected chi connectivity index (χ0v) is 15.5. The highest BCUT2D eigenvalue weighted by Crippen LogP contribution is 2.29. The van der Waals surface area contributed by atoms with Gasteiger partial charge >= 0.3 is 12.1 Å². The number of pyridine rings is 2. The summed E-state index contributed by atoms with van der Waals surface area (Å²) in [5, 5.41) is 15.2. The van der Waals surface area contributed by atoms with Gasteiger partial charge in [0.2, 0.25) is 11.8 Å². The lowest BCUT2D eigenvalue weighted by Gasteiger charge is -2.06. The van der Waals surface area contributed by atoms with Crippen LogP contribution in [0.1, 0.15) is 17.3 Å². The Labute approximate surface area is 172 Å². The van der Waals surface area contributed by atoms with Crippen LogP contribution in [-0.4, -0.2) is 30.1 Å². The number of aromatic nitrogens is 6. The third kappa shape index (κ3) is 4.61. The van der Waals surface area contributed by atoms with Gasteiger partial charge in [0.25, 0.3) is 0 Å². The van der Waals surface area contributed by atoms with E-state index in [1.54, 1.807) is 36.7 Å². The zero-order chi connectivity index (χ0) is 21.8. The van der Waals surface area contributed by atoms with Crippen molar-refractivity contribution in [1.82, 2.24) is 30.1 Å². The minimum Gasteiger partial charge on any atom is -0.349 e. The molecule has 0 saturated carbocycles. The molecule has 0 fully saturated rings. The summed E-state index contributed by atoms with van der Waals surface area (Å²) in [5.74, 6) is -1.27. The molecule has 4 aromatic heterocycles. The summed E-state index contributed by atoms with van der Waals surface area (Å²) in [5.41, 5.74) is 2.54. The van der Waals surface area contributed by atoms with E-state index >= 15 is 0 Å². The van der Waals surface area contributed by atoms with E-state index in [9.17, 15) is 13.2 Å². The van der Waals surface area contributed by atoms with Gasteiger partial charge in [0.05, 0.1) is 17.9 Å². The minimum atomic E-state index is -4.70. The molecule has 4 aromatic rings. The average Bonchev–Trinajstić information content (AvgIpc) is 3.29. The van der Waals surface area contributed by atoms with Gasteiger partial charge in [-0.15, -0.1) is 0 Å². The van der Waals surface area contributed by atoms with Gasteiger partial charge in [0.15, 0.2) is 0 Å². The average molecular weight is 424 g/mol. The lowest BCUT2D eigenvalue weighted by molar-refractivity contribution is -0.159. The van der Waals surface area contributed by atoms with Crippen LogP contribution in [0.2, 0.25) is 0 Å². The maximum atomic E-state index is 12.6. The van der Waals surface area contributed by atoms with E-state index in [2.05, 4.69) is 39.9 Å². The van der Waals surface area contributed by atoms with Crippen molar-refractivity contribution in [3.05, 3.63) is 66.2 Å². The van der Waals surface area contributed by atoms with Crippen LogP contribution in [0.5, 0.6) is 0 Å². The van der Waals surface area contributed by atoms with E-state index in [0.29, 0.717) is 23.0 Å². The third-order valence-electron chi connectivity index (χ3n) is 4.01. The topological polar surface area (TPSA) is 126 Å². The Morgan fingerprint density at radius 1 is 0.968 bits per heavy atom. The summed E-state index contributed by atoms with van der Waals surface area (Å²) < 4.78 is 41.9. The van der Waals surface area contributed by atoms with Crippen molar-refractivity contribution in [3.8, 4) is 28.7 Å². The molecule has 31 heavy (non-hydrogen) atoms. The van der Waals surface area contributed by atoms with Gasteiger partial charge in [-0.25, -0.2) is 15.0 Å². The van der Waals surface area contributed by atoms with Gasteiger partial charge < -0.3 is 9.84 Å². The largest absolute Gasteiger partial charge is 0.471 e. The van der Waals surface area contributed by atoms with Crippen molar-refractivity contribution < 1.29 is 17.7 Å². The molecule has 0 unspecified atom stereocenters. The molecule has 0 saturated heterocycles. The molecule has 0 amide bonds. The first-order valence-electron chi connectivity index (χ1n) is 8.72. The molecule has 12 heteroatoms. The monoisotopic (exact) mass is 424 g/mol. The van der Waals surface area contributed by atoms with Gasteiger partial charge in [0.1, 0.15) is 11.8 Å². The van der Waals surface area contributed by atoms with E-state index < -0.39 is 12.1 Å². The lowest BCUT2D eigenvalue weighted by atomic mass is 10.2. The number of nitrogens with one attached hydrogen (secondary N) is 1. The molecule has 0 radical (unpaired) electrons. The molecule has 0 bridgehead atoms. The number of anilines is 1. The molecule has 0 spiro atoms. The predicted octanol–water partition coefficient (Wildman–Crippen LogP) is 3.49. The van der Waals surface area contributed by atoms with Gasteiger partial charge in [-0.3, -0.25) is 4.98 Å². The molecule has 4 heterocycles. The predicted molar refractivity (Wildman–Crippen MR) is 99.8 cm³/mol. The number of nitrogens with zero attached hydrogens (tertiary/aromatic N) is 7. The van der Waals surface area contributed by atoms with Crippen LogP contribution in [0.25, 0.3) is 22.6 Å². The second-order valence-electron chi connectivity index (χ2n) is 6.12. The second-order valence-corrected chi connectivity index (χ2v) is 6.12. The smallest absolute Gasteiger partial charge is 0.349 e. The highest BCUT2D eigenvalue weighted by Gasteiger charge is 2.38. The van der Waals surface area contributed by atoms with Crippen LogP contribution >= 0.6 is 0 Å². The van der Waals surface area contributed by atoms with Gasteiger partial charge in [0, 0.05) is 29.7 Å². The molecular weight excluding hydrogens is 413 g/mol. The Morgan fingerprint density at radius 2 is 1.77 bits per heavy atom. The molecule has 154 valence electrons. The quantitative estimate of drug-likeness (QED) is 0.512. The fraction of sp³-hybridized carbons (Fsp3) is 0.105. The molecule has 0 atom stereocenters. The minimum absolute atomic E-state index is 0.202. The lowest BCUT2D eigenvalue weighted by Crippen LogP contribution is -2.06. The first-order chi connectivity index (χ1) is 14.9. The Bertz CT molecular complexity index is 1230. The van der Waals surface area contributed by atoms with Gasteiger partial charge in [-0.05, 0) is 30.3 Å². The Kier molecular flexibility index (Phi) is 5.23. The first kappa shape index (κ1) is 19.9. The third-order valence-corrected chi connectivity index (χ3v) is 4.01. The number of hydrogen-bond donors (Lipinski definition) is 1. The second kappa shape index (κ2) is 8.15. The molecule has 1 N–H and O–H groups in total. The highest BCUT2D eigenvalue weighted by molar-refractivity contribution is 5.59. The molecule has 0 aliphatic heterocycles. The van der Waals surface area contributed by atoms with Crippen LogP contribution in [0.3, 0.4) is 0 Å². The number of nitriles is 1. The van der Waals surface area contributed by atoms with E-state index in [0.717, 1.165) is 5.56 Å². The maximum Gasteiger partial charge on any atom is 0.471 e. The summed E-state index contributed by atoms with van der Waals surface area (Å²) in [7, 11) is 0. The Balaban J connectivity index is 1.42. The molecule has 9 nitrogen and oxygen atoms in total. The summed E-state index contributed by atoms with van der Waals surface area (Å²) in [4.78, 5) is 20.1. The number of alkyl halides is 3. The summed E-state index contributed by atoms with van der Waals surface area (Å²) in [6, 6.07) is 10.1. The van der Waals surface area contributed by atoms with Crippen molar-refractivity contribution in [3.63, 3.8) is 0 Å². The van der Waals surface area contributed by atoms with Crippen LogP contribution < -0.4 is 5.32 Å². The van der Waals surface area contributed by atoms with E-state index in [1.165, 1.54) is 12.3 Å². The van der Waals surface area contributed by atoms with E-state index in [1.807, 2.05) is 6.07 Å². The van der Waals surface area contributed by atoms with Gasteiger partial charge in [-0.1, -0.05) is 5.16 Å². The van der Waals surface area contributed by atoms with Crippen molar-refractivity contribution in [2.24, 2.45) is 0 Å². The standard InChI is InChI=1S/C19H11F3N8O/c20-19(21,22)17-29-16(30-31-17)12-2-4-14(26-9-12)10-27-18-24-6-5-15(28-18)11-1-3-13(7-23)25-8-11/h1-6,8-9H,10H2,(H,24,27,28). The summed E-state index contributed by atoms with van der Waals surface area (Å²) in [6.45, 7) is 0.273. The van der Waals surface area contributed by atoms with Crippen LogP contribution in [0, 0.1) is 11.3 Å².